The minimum Gasteiger partial charge on any atom is -0.591 e. The summed E-state index contributed by atoms with van der Waals surface area (Å²) in [7, 11) is 0. The zero-order valence-corrected chi connectivity index (χ0v) is 7.89. The van der Waals surface area contributed by atoms with Crippen LogP contribution in [0.2, 0.25) is 0 Å². The van der Waals surface area contributed by atoms with E-state index in [0.717, 1.165) is 11.0 Å². The van der Waals surface area contributed by atoms with E-state index in [-0.39, 0.29) is 20.4 Å². The van der Waals surface area contributed by atoms with E-state index in [1.807, 2.05) is 30.3 Å². The van der Waals surface area contributed by atoms with E-state index < -0.39 is 0 Å². The van der Waals surface area contributed by atoms with Gasteiger partial charge in [-0.1, -0.05) is 18.2 Å². The van der Waals surface area contributed by atoms with Crippen molar-refractivity contribution in [3.05, 3.63) is 36.6 Å². The number of hydrogen-bond acceptors (Lipinski definition) is 1. The number of hydrogen-bond donors (Lipinski definition) is 0. The van der Waals surface area contributed by atoms with Gasteiger partial charge in [-0.25, -0.2) is 0 Å². The number of benzene rings is 1. The van der Waals surface area contributed by atoms with Crippen LogP contribution in [0.1, 0.15) is 0 Å². The Bertz CT molecular complexity index is 283. The van der Waals surface area contributed by atoms with E-state index in [2.05, 4.69) is 6.26 Å². The average Bonchev–Trinajstić information content (AvgIpc) is 2.33. The molecule has 0 saturated heterocycles. The molecule has 2 aromatic rings. The van der Waals surface area contributed by atoms with Crippen LogP contribution in [0.3, 0.4) is 0 Å². The van der Waals surface area contributed by atoms with Gasteiger partial charge in [0.05, 0.1) is 0 Å². The van der Waals surface area contributed by atoms with Crippen LogP contribution < -0.4 is 0 Å². The Balaban J connectivity index is 0.000000500. The summed E-state index contributed by atoms with van der Waals surface area (Å²) in [5.74, 6) is 0. The predicted molar refractivity (Wildman–Crippen MR) is 35.1 cm³/mol. The first kappa shape index (κ1) is 7.53. The van der Waals surface area contributed by atoms with Crippen LogP contribution in [0.4, 0.5) is 0 Å². The van der Waals surface area contributed by atoms with Crippen LogP contribution in [-0.4, -0.2) is 0 Å². The van der Waals surface area contributed by atoms with Crippen LogP contribution >= 0.6 is 0 Å². The first-order valence-electron chi connectivity index (χ1n) is 2.81. The predicted octanol–water partition coefficient (Wildman–Crippen LogP) is 2.23. The van der Waals surface area contributed by atoms with E-state index >= 15 is 0 Å². The molecule has 0 aliphatic carbocycles. The molecular formula is C8H5ORe-. The van der Waals surface area contributed by atoms with Crippen LogP contribution in [0.15, 0.2) is 34.7 Å². The summed E-state index contributed by atoms with van der Waals surface area (Å²) in [5, 5.41) is 1.11. The zero-order chi connectivity index (χ0) is 6.10. The summed E-state index contributed by atoms with van der Waals surface area (Å²) in [6.45, 7) is 0. The summed E-state index contributed by atoms with van der Waals surface area (Å²) < 4.78 is 4.99. The van der Waals surface area contributed by atoms with Crippen LogP contribution in [0.25, 0.3) is 11.0 Å². The molecule has 0 fully saturated rings. The zero-order valence-electron chi connectivity index (χ0n) is 5.17. The van der Waals surface area contributed by atoms with E-state index in [1.54, 1.807) is 0 Å². The van der Waals surface area contributed by atoms with Crippen molar-refractivity contribution in [2.24, 2.45) is 0 Å². The summed E-state index contributed by atoms with van der Waals surface area (Å²) in [6, 6.07) is 9.67. The van der Waals surface area contributed by atoms with Crippen molar-refractivity contribution in [1.29, 1.82) is 0 Å². The van der Waals surface area contributed by atoms with Crippen molar-refractivity contribution >= 4 is 11.0 Å². The van der Waals surface area contributed by atoms with Gasteiger partial charge in [0.15, 0.2) is 0 Å². The molecule has 0 N–H and O–H groups in total. The molecule has 0 amide bonds. The number of para-hydroxylation sites is 1. The third-order valence-corrected chi connectivity index (χ3v) is 1.30. The SMILES string of the molecule is [Re].[c-]1cc2ccccc2o1. The first-order chi connectivity index (χ1) is 4.47. The second-order valence-corrected chi connectivity index (χ2v) is 1.90. The normalized spacial score (nSPS) is 9.20. The number of rotatable bonds is 0. The maximum atomic E-state index is 4.99. The molecule has 0 unspecified atom stereocenters. The standard InChI is InChI=1S/C8H5O.Re/c1-2-4-8-7(3-1)5-6-9-8;/h1-5H;/q-1;. The summed E-state index contributed by atoms with van der Waals surface area (Å²) in [6.07, 6.45) is 2.66. The van der Waals surface area contributed by atoms with E-state index in [9.17, 15) is 0 Å². The fourth-order valence-corrected chi connectivity index (χ4v) is 0.849. The van der Waals surface area contributed by atoms with Crippen molar-refractivity contribution in [3.8, 4) is 0 Å². The molecule has 0 saturated carbocycles. The minimum atomic E-state index is 0. The molecule has 1 aromatic carbocycles. The van der Waals surface area contributed by atoms with Gasteiger partial charge in [0.1, 0.15) is 0 Å². The van der Waals surface area contributed by atoms with Gasteiger partial charge in [-0.15, -0.1) is 17.5 Å². The van der Waals surface area contributed by atoms with Crippen LogP contribution in [-0.2, 0) is 20.4 Å². The van der Waals surface area contributed by atoms with Gasteiger partial charge in [0.25, 0.3) is 0 Å². The Morgan fingerprint density at radius 3 is 2.80 bits per heavy atom. The van der Waals surface area contributed by atoms with E-state index in [0.29, 0.717) is 0 Å². The molecule has 2 heteroatoms. The third kappa shape index (κ3) is 1.14. The second-order valence-electron chi connectivity index (χ2n) is 1.90. The monoisotopic (exact) mass is 304 g/mol. The molecule has 0 aliphatic rings. The van der Waals surface area contributed by atoms with Gasteiger partial charge >= 0.3 is 0 Å². The number of furan rings is 1. The Hall–Kier alpha value is -0.578. The van der Waals surface area contributed by atoms with Crippen LogP contribution in [0, 0.1) is 6.26 Å². The van der Waals surface area contributed by atoms with E-state index in [1.165, 1.54) is 0 Å². The van der Waals surface area contributed by atoms with Gasteiger partial charge in [-0.05, 0) is 11.8 Å². The van der Waals surface area contributed by atoms with Crippen molar-refractivity contribution in [3.63, 3.8) is 0 Å². The average molecular weight is 303 g/mol. The molecule has 1 nitrogen and oxygen atoms in total. The molecule has 1 radical (unpaired) electrons. The molecule has 0 spiro atoms. The van der Waals surface area contributed by atoms with Gasteiger partial charge in [0.2, 0.25) is 0 Å². The van der Waals surface area contributed by atoms with Crippen molar-refractivity contribution in [1.82, 2.24) is 0 Å². The van der Waals surface area contributed by atoms with E-state index in [4.69, 9.17) is 4.42 Å². The summed E-state index contributed by atoms with van der Waals surface area (Å²) in [5.41, 5.74) is 0.900. The second kappa shape index (κ2) is 3.01. The molecule has 51 valence electrons. The van der Waals surface area contributed by atoms with Gasteiger partial charge in [-0.2, -0.15) is 0 Å². The van der Waals surface area contributed by atoms with Gasteiger partial charge in [0, 0.05) is 20.4 Å². The first-order valence-corrected chi connectivity index (χ1v) is 2.81. The molecule has 0 aliphatic heterocycles. The topological polar surface area (TPSA) is 13.1 Å². The van der Waals surface area contributed by atoms with Crippen molar-refractivity contribution < 1.29 is 24.8 Å². The molecular weight excluding hydrogens is 298 g/mol. The van der Waals surface area contributed by atoms with Gasteiger partial charge < -0.3 is 4.42 Å². The molecule has 0 atom stereocenters. The van der Waals surface area contributed by atoms with Crippen molar-refractivity contribution in [2.45, 2.75) is 0 Å². The van der Waals surface area contributed by atoms with Crippen LogP contribution in [0.5, 0.6) is 0 Å². The minimum absolute atomic E-state index is 0. The fourth-order valence-electron chi connectivity index (χ4n) is 0.849. The molecule has 2 rings (SSSR count). The quantitative estimate of drug-likeness (QED) is 0.680. The Kier molecular flexibility index (Phi) is 2.26. The Morgan fingerprint density at radius 1 is 1.20 bits per heavy atom. The van der Waals surface area contributed by atoms with Crippen molar-refractivity contribution in [2.75, 3.05) is 0 Å². The summed E-state index contributed by atoms with van der Waals surface area (Å²) in [4.78, 5) is 0. The Labute approximate surface area is 72.7 Å². The third-order valence-electron chi connectivity index (χ3n) is 1.30. The van der Waals surface area contributed by atoms with Gasteiger partial charge in [-0.3, -0.25) is 0 Å². The molecule has 1 aromatic heterocycles. The largest absolute Gasteiger partial charge is 0.591 e. The maximum Gasteiger partial charge on any atom is 0 e. The maximum absolute atomic E-state index is 4.99. The summed E-state index contributed by atoms with van der Waals surface area (Å²) >= 11 is 0. The molecule has 10 heavy (non-hydrogen) atoms. The molecule has 1 heterocycles. The fraction of sp³-hybridized carbons (Fsp3) is 0. The number of fused-ring (bicyclic) bond motifs is 1. The smallest absolute Gasteiger partial charge is 0 e. The Morgan fingerprint density at radius 2 is 2.00 bits per heavy atom. The molecule has 0 bridgehead atoms.